The minimum Gasteiger partial charge on any atom is -0.480 e. The van der Waals surface area contributed by atoms with Crippen LogP contribution in [0.4, 0.5) is 4.39 Å². The second-order valence-corrected chi connectivity index (χ2v) is 3.85. The molecule has 0 aliphatic rings. The summed E-state index contributed by atoms with van der Waals surface area (Å²) in [6.07, 6.45) is 2.15. The zero-order valence-electron chi connectivity index (χ0n) is 10.5. The Morgan fingerprint density at radius 1 is 1.55 bits per heavy atom. The first-order chi connectivity index (χ1) is 9.56. The van der Waals surface area contributed by atoms with Crippen LogP contribution in [0.25, 0.3) is 6.08 Å². The maximum absolute atomic E-state index is 13.7. The lowest BCUT2D eigenvalue weighted by atomic mass is 10.2. The van der Waals surface area contributed by atoms with Gasteiger partial charge in [-0.1, -0.05) is 17.3 Å². The summed E-state index contributed by atoms with van der Waals surface area (Å²) in [4.78, 5) is 14.4. The van der Waals surface area contributed by atoms with Gasteiger partial charge in [0.2, 0.25) is 0 Å². The summed E-state index contributed by atoms with van der Waals surface area (Å²) in [7, 11) is 0. The Morgan fingerprint density at radius 2 is 2.35 bits per heavy atom. The molecule has 0 saturated carbocycles. The van der Waals surface area contributed by atoms with Gasteiger partial charge in [0.25, 0.3) is 5.89 Å². The lowest BCUT2D eigenvalue weighted by Crippen LogP contribution is -2.00. The summed E-state index contributed by atoms with van der Waals surface area (Å²) in [5.41, 5.74) is 0.309. The number of nitrogens with zero attached hydrogens (tertiary/aromatic N) is 2. The van der Waals surface area contributed by atoms with E-state index in [4.69, 9.17) is 14.4 Å². The van der Waals surface area contributed by atoms with E-state index in [1.54, 1.807) is 6.92 Å². The Kier molecular flexibility index (Phi) is 4.09. The molecule has 0 aliphatic heterocycles. The number of hydrogen-bond donors (Lipinski definition) is 1. The average molecular weight is 278 g/mol. The van der Waals surface area contributed by atoms with E-state index in [0.29, 0.717) is 11.4 Å². The molecule has 0 radical (unpaired) electrons. The second-order valence-electron chi connectivity index (χ2n) is 3.85. The molecule has 0 bridgehead atoms. The van der Waals surface area contributed by atoms with E-state index in [1.165, 1.54) is 24.3 Å². The van der Waals surface area contributed by atoms with Crippen molar-refractivity contribution < 1.29 is 23.6 Å². The van der Waals surface area contributed by atoms with Gasteiger partial charge in [-0.3, -0.25) is 0 Å². The third-order valence-electron chi connectivity index (χ3n) is 2.31. The Labute approximate surface area is 113 Å². The van der Waals surface area contributed by atoms with Crippen LogP contribution in [0.15, 0.2) is 28.8 Å². The Morgan fingerprint density at radius 3 is 3.00 bits per heavy atom. The summed E-state index contributed by atoms with van der Waals surface area (Å²) in [5.74, 6) is -1.15. The van der Waals surface area contributed by atoms with Crippen molar-refractivity contribution in [1.29, 1.82) is 0 Å². The third-order valence-corrected chi connectivity index (χ3v) is 2.31. The first kappa shape index (κ1) is 13.7. The van der Waals surface area contributed by atoms with Gasteiger partial charge >= 0.3 is 5.97 Å². The van der Waals surface area contributed by atoms with E-state index in [9.17, 15) is 9.18 Å². The lowest BCUT2D eigenvalue weighted by Gasteiger charge is -2.08. The quantitative estimate of drug-likeness (QED) is 0.844. The number of carbonyl (C=O) groups is 1. The number of ether oxygens (including phenoxy) is 1. The molecule has 2 rings (SSSR count). The maximum Gasteiger partial charge on any atom is 0.328 e. The normalized spacial score (nSPS) is 10.9. The summed E-state index contributed by atoms with van der Waals surface area (Å²) >= 11 is 0. The van der Waals surface area contributed by atoms with Crippen molar-refractivity contribution in [2.75, 3.05) is 0 Å². The minimum absolute atomic E-state index is 0.0687. The first-order valence-corrected chi connectivity index (χ1v) is 5.68. The second kappa shape index (κ2) is 5.96. The van der Waals surface area contributed by atoms with Crippen LogP contribution in [0.3, 0.4) is 0 Å². The van der Waals surface area contributed by atoms with E-state index < -0.39 is 11.8 Å². The van der Waals surface area contributed by atoms with Crippen molar-refractivity contribution in [2.24, 2.45) is 0 Å². The summed E-state index contributed by atoms with van der Waals surface area (Å²) in [6.45, 7) is 1.55. The highest BCUT2D eigenvalue weighted by Crippen LogP contribution is 2.24. The van der Waals surface area contributed by atoms with Crippen molar-refractivity contribution in [3.8, 4) is 5.75 Å². The number of halogens is 1. The zero-order valence-corrected chi connectivity index (χ0v) is 10.5. The molecule has 0 unspecified atom stereocenters. The fraction of sp³-hybridized carbons (Fsp3) is 0.154. The van der Waals surface area contributed by atoms with Crippen LogP contribution < -0.4 is 4.74 Å². The molecule has 20 heavy (non-hydrogen) atoms. The predicted molar refractivity (Wildman–Crippen MR) is 66.4 cm³/mol. The zero-order chi connectivity index (χ0) is 14.5. The van der Waals surface area contributed by atoms with Crippen LogP contribution in [0, 0.1) is 12.7 Å². The smallest absolute Gasteiger partial charge is 0.328 e. The lowest BCUT2D eigenvalue weighted by molar-refractivity contribution is -0.131. The van der Waals surface area contributed by atoms with Crippen LogP contribution in [0.1, 0.15) is 17.3 Å². The topological polar surface area (TPSA) is 85.5 Å². The van der Waals surface area contributed by atoms with Crippen LogP contribution in [0.5, 0.6) is 5.75 Å². The van der Waals surface area contributed by atoms with Gasteiger partial charge in [0.1, 0.15) is 0 Å². The van der Waals surface area contributed by atoms with Gasteiger partial charge < -0.3 is 14.4 Å². The van der Waals surface area contributed by atoms with Crippen molar-refractivity contribution in [3.63, 3.8) is 0 Å². The molecule has 2 aromatic rings. The molecular formula is C13H11FN2O4. The minimum atomic E-state index is -1.13. The number of carboxylic acids is 1. The molecular weight excluding hydrogens is 267 g/mol. The van der Waals surface area contributed by atoms with Crippen LogP contribution in [-0.4, -0.2) is 21.2 Å². The molecule has 0 atom stereocenters. The maximum atomic E-state index is 13.7. The van der Waals surface area contributed by atoms with Gasteiger partial charge in [0.15, 0.2) is 24.0 Å². The summed E-state index contributed by atoms with van der Waals surface area (Å²) in [6, 6.07) is 4.21. The predicted octanol–water partition coefficient (Wildman–Crippen LogP) is 2.19. The molecule has 0 spiro atoms. The number of rotatable bonds is 5. The van der Waals surface area contributed by atoms with Crippen molar-refractivity contribution in [3.05, 3.63) is 47.4 Å². The van der Waals surface area contributed by atoms with Gasteiger partial charge in [0, 0.05) is 11.6 Å². The van der Waals surface area contributed by atoms with E-state index in [0.717, 1.165) is 6.08 Å². The molecule has 6 nitrogen and oxygen atoms in total. The fourth-order valence-corrected chi connectivity index (χ4v) is 1.50. The van der Waals surface area contributed by atoms with E-state index in [-0.39, 0.29) is 18.2 Å². The Balaban J connectivity index is 2.19. The number of hydrogen-bond acceptors (Lipinski definition) is 5. The number of benzene rings is 1. The summed E-state index contributed by atoms with van der Waals surface area (Å²) < 4.78 is 23.8. The molecule has 1 aromatic heterocycles. The molecule has 1 N–H and O–H groups in total. The van der Waals surface area contributed by atoms with Gasteiger partial charge in [0.05, 0.1) is 0 Å². The van der Waals surface area contributed by atoms with Gasteiger partial charge in [-0.2, -0.15) is 4.98 Å². The standard InChI is InChI=1S/C13H11FN2O4/c1-8-15-11(20-16-8)7-19-13-9(5-6-12(17)18)3-2-4-10(13)14/h2-6H,7H2,1H3,(H,17,18)/b6-5+. The number of aromatic nitrogens is 2. The Hall–Kier alpha value is -2.70. The average Bonchev–Trinajstić information content (AvgIpc) is 2.81. The summed E-state index contributed by atoms with van der Waals surface area (Å²) in [5, 5.41) is 12.2. The number of carboxylic acid groups (broad SMARTS) is 1. The molecule has 0 fully saturated rings. The fourth-order valence-electron chi connectivity index (χ4n) is 1.50. The first-order valence-electron chi connectivity index (χ1n) is 5.68. The van der Waals surface area contributed by atoms with Gasteiger partial charge in [-0.15, -0.1) is 0 Å². The van der Waals surface area contributed by atoms with Crippen molar-refractivity contribution >= 4 is 12.0 Å². The van der Waals surface area contributed by atoms with E-state index in [2.05, 4.69) is 10.1 Å². The van der Waals surface area contributed by atoms with Crippen LogP contribution >= 0.6 is 0 Å². The number of aryl methyl sites for hydroxylation is 1. The molecule has 0 amide bonds. The highest BCUT2D eigenvalue weighted by atomic mass is 19.1. The van der Waals surface area contributed by atoms with Crippen molar-refractivity contribution in [2.45, 2.75) is 13.5 Å². The van der Waals surface area contributed by atoms with E-state index in [1.807, 2.05) is 0 Å². The van der Waals surface area contributed by atoms with Crippen LogP contribution in [-0.2, 0) is 11.4 Å². The highest BCUT2D eigenvalue weighted by Gasteiger charge is 2.11. The molecule has 7 heteroatoms. The molecule has 104 valence electrons. The largest absolute Gasteiger partial charge is 0.480 e. The molecule has 1 aromatic carbocycles. The van der Waals surface area contributed by atoms with Crippen molar-refractivity contribution in [1.82, 2.24) is 10.1 Å². The molecule has 0 saturated heterocycles. The highest BCUT2D eigenvalue weighted by molar-refractivity contribution is 5.85. The number of para-hydroxylation sites is 1. The molecule has 1 heterocycles. The van der Waals surface area contributed by atoms with E-state index >= 15 is 0 Å². The molecule has 0 aliphatic carbocycles. The Bertz CT molecular complexity index is 652. The van der Waals surface area contributed by atoms with Gasteiger partial charge in [-0.05, 0) is 19.1 Å². The third kappa shape index (κ3) is 3.41. The number of aliphatic carboxylic acids is 1. The van der Waals surface area contributed by atoms with Crippen LogP contribution in [0.2, 0.25) is 0 Å². The van der Waals surface area contributed by atoms with Gasteiger partial charge in [-0.25, -0.2) is 9.18 Å². The SMILES string of the molecule is Cc1noc(COc2c(F)cccc2/C=C/C(=O)O)n1. The monoisotopic (exact) mass is 278 g/mol.